The van der Waals surface area contributed by atoms with Gasteiger partial charge >= 0.3 is 6.18 Å². The Morgan fingerprint density at radius 3 is 1.22 bits per heavy atom. The van der Waals surface area contributed by atoms with E-state index in [2.05, 4.69) is 177 Å². The smallest absolute Gasteiger partial charge is 0.309 e. The number of hydrogen-bond acceptors (Lipinski definition) is 4. The first-order chi connectivity index (χ1) is 36.8. The van der Waals surface area contributed by atoms with Crippen LogP contribution in [0, 0.1) is 11.3 Å². The van der Waals surface area contributed by atoms with Crippen LogP contribution in [0.15, 0.2) is 164 Å². The second-order valence-corrected chi connectivity index (χ2v) is 24.9. The lowest BCUT2D eigenvalue weighted by Gasteiger charge is -2.20. The van der Waals surface area contributed by atoms with Crippen LogP contribution in [0.3, 0.4) is 0 Å². The quantitative estimate of drug-likeness (QED) is 0.166. The van der Waals surface area contributed by atoms with Gasteiger partial charge < -0.3 is 9.13 Å². The molecule has 0 unspecified atom stereocenters. The maximum atomic E-state index is 15.3. The SMILES string of the molecule is CC(C)(C)c1ccc2c(c1)c1cc(C(C)(C)C)ccc1n2-c1ccc(C(F)(F)F)cc1-c1nc(-c2ccccc2)nc(-c2ccc(-c3ccccc3C#N)cc2-n2c3ccc(C(C)(C)C)cc3c3cc(C(C)(C)C)ccc32)n1. The molecule has 0 radical (unpaired) electrons. The molecule has 11 aromatic rings. The number of rotatable bonds is 6. The largest absolute Gasteiger partial charge is 0.416 e. The van der Waals surface area contributed by atoms with Crippen LogP contribution in [0.5, 0.6) is 0 Å². The molecule has 0 spiro atoms. The first-order valence-corrected chi connectivity index (χ1v) is 26.6. The Hall–Kier alpha value is -8.35. The molecule has 0 amide bonds. The summed E-state index contributed by atoms with van der Waals surface area (Å²) in [6.45, 7) is 26.4. The van der Waals surface area contributed by atoms with Gasteiger partial charge in [0, 0.05) is 38.2 Å². The van der Waals surface area contributed by atoms with Gasteiger partial charge in [-0.15, -0.1) is 0 Å². The van der Waals surface area contributed by atoms with Crippen molar-refractivity contribution in [2.45, 2.75) is 111 Å². The highest BCUT2D eigenvalue weighted by Crippen LogP contribution is 2.45. The molecule has 0 saturated carbocycles. The fourth-order valence-electron chi connectivity index (χ4n) is 10.8. The predicted octanol–water partition coefficient (Wildman–Crippen LogP) is 18.8. The van der Waals surface area contributed by atoms with Gasteiger partial charge in [-0.1, -0.05) is 162 Å². The third-order valence-corrected chi connectivity index (χ3v) is 15.3. The Morgan fingerprint density at radius 2 is 0.769 bits per heavy atom. The summed E-state index contributed by atoms with van der Waals surface area (Å²) in [5.41, 5.74) is 11.5. The minimum Gasteiger partial charge on any atom is -0.309 e. The molecule has 11 rings (SSSR count). The van der Waals surface area contributed by atoms with Gasteiger partial charge in [0.2, 0.25) is 0 Å². The summed E-state index contributed by atoms with van der Waals surface area (Å²) in [6.07, 6.45) is -4.69. The van der Waals surface area contributed by atoms with Gasteiger partial charge in [0.05, 0.1) is 50.6 Å². The normalized spacial score (nSPS) is 12.8. The summed E-state index contributed by atoms with van der Waals surface area (Å²) in [5, 5.41) is 14.6. The van der Waals surface area contributed by atoms with Crippen molar-refractivity contribution in [1.29, 1.82) is 5.26 Å². The third kappa shape index (κ3) is 9.21. The second kappa shape index (κ2) is 18.4. The van der Waals surface area contributed by atoms with Crippen molar-refractivity contribution in [3.63, 3.8) is 0 Å². The molecule has 78 heavy (non-hydrogen) atoms. The summed E-state index contributed by atoms with van der Waals surface area (Å²) in [5.74, 6) is 0.628. The van der Waals surface area contributed by atoms with Gasteiger partial charge in [-0.05, 0) is 140 Å². The Balaban J connectivity index is 1.25. The van der Waals surface area contributed by atoms with Crippen LogP contribution < -0.4 is 0 Å². The van der Waals surface area contributed by atoms with Gasteiger partial charge in [-0.3, -0.25) is 0 Å². The van der Waals surface area contributed by atoms with E-state index in [9.17, 15) is 5.26 Å². The predicted molar refractivity (Wildman–Crippen MR) is 315 cm³/mol. The summed E-state index contributed by atoms with van der Waals surface area (Å²) in [7, 11) is 0. The monoisotopic (exact) mass is 1030 g/mol. The summed E-state index contributed by atoms with van der Waals surface area (Å²) < 4.78 is 50.1. The molecule has 6 nitrogen and oxygen atoms in total. The van der Waals surface area contributed by atoms with Gasteiger partial charge in [-0.2, -0.15) is 18.4 Å². The molecular weight excluding hydrogens is 970 g/mol. The summed E-state index contributed by atoms with van der Waals surface area (Å²) >= 11 is 0. The lowest BCUT2D eigenvalue weighted by atomic mass is 9.85. The lowest BCUT2D eigenvalue weighted by Crippen LogP contribution is -2.11. The third-order valence-electron chi connectivity index (χ3n) is 15.3. The van der Waals surface area contributed by atoms with Gasteiger partial charge in [0.25, 0.3) is 0 Å². The highest BCUT2D eigenvalue weighted by atomic mass is 19.4. The standard InChI is InChI=1S/C69H63F3N6/c1-65(2,3)44-23-29-56-51(35-44)52-36-45(66(4,5)6)24-30-57(52)77(56)60-33-27-48(69(70,71)72)39-55(60)64-75-62(41-18-14-13-15-19-41)74-63(76-64)50-28-22-42(49-21-17-16-20-43(49)40-73)34-61(50)78-58-31-25-46(67(7,8)9)37-53(58)54-38-47(68(10,11)12)26-32-59(54)78/h13-39H,1-12H3. The van der Waals surface area contributed by atoms with Crippen molar-refractivity contribution in [3.05, 3.63) is 197 Å². The van der Waals surface area contributed by atoms with E-state index in [1.807, 2.05) is 66.7 Å². The number of nitrogens with zero attached hydrogens (tertiary/aromatic N) is 6. The lowest BCUT2D eigenvalue weighted by molar-refractivity contribution is -0.137. The number of nitriles is 1. The Kier molecular flexibility index (Phi) is 12.2. The maximum Gasteiger partial charge on any atom is 0.416 e. The zero-order chi connectivity index (χ0) is 55.4. The van der Waals surface area contributed by atoms with Crippen LogP contribution in [0.1, 0.15) is 116 Å². The number of halogens is 3. The van der Waals surface area contributed by atoms with E-state index in [-0.39, 0.29) is 38.9 Å². The molecule has 0 N–H and O–H groups in total. The second-order valence-electron chi connectivity index (χ2n) is 24.9. The van der Waals surface area contributed by atoms with E-state index in [4.69, 9.17) is 15.0 Å². The Bertz CT molecular complexity index is 4090. The van der Waals surface area contributed by atoms with E-state index in [1.165, 1.54) is 17.2 Å². The number of benzene rings is 8. The first kappa shape index (κ1) is 51.7. The van der Waals surface area contributed by atoms with Crippen molar-refractivity contribution in [3.8, 4) is 62.7 Å². The highest BCUT2D eigenvalue weighted by Gasteiger charge is 2.33. The number of fused-ring (bicyclic) bond motifs is 6. The average Bonchev–Trinajstić information content (AvgIpc) is 4.07. The van der Waals surface area contributed by atoms with Gasteiger partial charge in [-0.25, -0.2) is 15.0 Å². The minimum absolute atomic E-state index is 0.0734. The van der Waals surface area contributed by atoms with E-state index < -0.39 is 11.7 Å². The molecule has 9 heteroatoms. The molecule has 0 atom stereocenters. The van der Waals surface area contributed by atoms with Crippen LogP contribution in [0.25, 0.3) is 100 Å². The molecule has 0 aliphatic heterocycles. The van der Waals surface area contributed by atoms with Crippen LogP contribution in [-0.4, -0.2) is 24.1 Å². The Morgan fingerprint density at radius 1 is 0.359 bits per heavy atom. The fraction of sp³-hybridized carbons (Fsp3) is 0.246. The molecule has 0 bridgehead atoms. The highest BCUT2D eigenvalue weighted by molar-refractivity contribution is 6.12. The van der Waals surface area contributed by atoms with E-state index in [0.717, 1.165) is 77.6 Å². The van der Waals surface area contributed by atoms with Crippen molar-refractivity contribution >= 4 is 43.6 Å². The first-order valence-electron chi connectivity index (χ1n) is 26.6. The van der Waals surface area contributed by atoms with Crippen molar-refractivity contribution < 1.29 is 13.2 Å². The summed E-state index contributed by atoms with van der Waals surface area (Å²) in [4.78, 5) is 15.8. The molecule has 0 aliphatic rings. The minimum atomic E-state index is -4.69. The van der Waals surface area contributed by atoms with Crippen molar-refractivity contribution in [1.82, 2.24) is 24.1 Å². The molecule has 3 heterocycles. The zero-order valence-electron chi connectivity index (χ0n) is 46.4. The summed E-state index contributed by atoms with van der Waals surface area (Å²) in [6, 6.07) is 55.5. The average molecular weight is 1030 g/mol. The molecule has 0 saturated heterocycles. The molecule has 8 aromatic carbocycles. The Labute approximate surface area is 454 Å². The number of hydrogen-bond donors (Lipinski definition) is 0. The zero-order valence-corrected chi connectivity index (χ0v) is 46.4. The van der Waals surface area contributed by atoms with Crippen molar-refractivity contribution in [2.75, 3.05) is 0 Å². The van der Waals surface area contributed by atoms with Crippen molar-refractivity contribution in [2.24, 2.45) is 0 Å². The topological polar surface area (TPSA) is 72.3 Å². The van der Waals surface area contributed by atoms with Crippen LogP contribution in [0.4, 0.5) is 13.2 Å². The van der Waals surface area contributed by atoms with Gasteiger partial charge in [0.1, 0.15) is 0 Å². The molecular formula is C69H63F3N6. The molecule has 0 aliphatic carbocycles. The van der Waals surface area contributed by atoms with Crippen LogP contribution in [-0.2, 0) is 27.8 Å². The molecule has 3 aromatic heterocycles. The van der Waals surface area contributed by atoms with E-state index in [1.54, 1.807) is 6.07 Å². The van der Waals surface area contributed by atoms with Crippen LogP contribution >= 0.6 is 0 Å². The van der Waals surface area contributed by atoms with E-state index >= 15 is 13.2 Å². The van der Waals surface area contributed by atoms with Crippen LogP contribution in [0.2, 0.25) is 0 Å². The number of alkyl halides is 3. The van der Waals surface area contributed by atoms with Gasteiger partial charge in [0.15, 0.2) is 17.5 Å². The fourth-order valence-corrected chi connectivity index (χ4v) is 10.8. The van der Waals surface area contributed by atoms with E-state index in [0.29, 0.717) is 28.2 Å². The number of aromatic nitrogens is 5. The molecule has 0 fully saturated rings. The maximum absolute atomic E-state index is 15.3. The molecule has 390 valence electrons.